The second-order valence-electron chi connectivity index (χ2n) is 3.96. The summed E-state index contributed by atoms with van der Waals surface area (Å²) in [5, 5.41) is 9.79. The molecule has 0 saturated carbocycles. The molecule has 0 unspecified atom stereocenters. The molecule has 1 aromatic carbocycles. The fraction of sp³-hybridized carbons (Fsp3) is 0. The van der Waals surface area contributed by atoms with Gasteiger partial charge in [0.2, 0.25) is 0 Å². The first kappa shape index (κ1) is 12.7. The minimum Gasteiger partial charge on any atom is -0.382 e. The number of aromatic nitrogens is 2. The fourth-order valence-corrected chi connectivity index (χ4v) is 3.31. The van der Waals surface area contributed by atoms with Crippen LogP contribution in [0, 0.1) is 0 Å². The van der Waals surface area contributed by atoms with Crippen LogP contribution in [0.4, 0.5) is 5.82 Å². The number of halogens is 2. The molecule has 2 aromatic heterocycles. The number of benzene rings is 1. The van der Waals surface area contributed by atoms with E-state index in [4.69, 9.17) is 17.3 Å². The number of nitrogens with zero attached hydrogens (tertiary/aromatic N) is 1. The van der Waals surface area contributed by atoms with Gasteiger partial charge in [0.25, 0.3) is 0 Å². The van der Waals surface area contributed by atoms with Gasteiger partial charge in [0.05, 0.1) is 11.3 Å². The minimum absolute atomic E-state index is 0.490. The molecule has 0 amide bonds. The number of thiophene rings is 1. The van der Waals surface area contributed by atoms with Gasteiger partial charge in [-0.05, 0) is 29.6 Å². The number of nitrogens with one attached hydrogen (secondary N) is 1. The Kier molecular flexibility index (Phi) is 3.35. The largest absolute Gasteiger partial charge is 0.382 e. The molecule has 0 aliphatic rings. The number of rotatable bonds is 2. The summed E-state index contributed by atoms with van der Waals surface area (Å²) >= 11 is 11.2. The Balaban J connectivity index is 2.24. The smallest absolute Gasteiger partial charge is 0.154 e. The summed E-state index contributed by atoms with van der Waals surface area (Å²) in [4.78, 5) is 1.08. The van der Waals surface area contributed by atoms with Crippen LogP contribution in [-0.2, 0) is 0 Å². The average Bonchev–Trinajstić information content (AvgIpc) is 3.01. The number of nitrogen functional groups attached to an aromatic ring is 1. The number of aromatic amines is 1. The van der Waals surface area contributed by atoms with Crippen molar-refractivity contribution in [1.29, 1.82) is 0 Å². The van der Waals surface area contributed by atoms with Gasteiger partial charge in [-0.1, -0.05) is 33.6 Å². The van der Waals surface area contributed by atoms with E-state index in [0.29, 0.717) is 10.8 Å². The van der Waals surface area contributed by atoms with Crippen LogP contribution < -0.4 is 5.73 Å². The molecular formula is C13H9BrClN3S. The van der Waals surface area contributed by atoms with Crippen LogP contribution in [0.2, 0.25) is 5.02 Å². The molecule has 0 atom stereocenters. The van der Waals surface area contributed by atoms with Crippen molar-refractivity contribution in [1.82, 2.24) is 10.2 Å². The number of H-pyrrole nitrogens is 1. The third-order valence-corrected chi connectivity index (χ3v) is 4.57. The van der Waals surface area contributed by atoms with E-state index in [0.717, 1.165) is 26.2 Å². The van der Waals surface area contributed by atoms with Gasteiger partial charge in [-0.25, -0.2) is 0 Å². The number of hydrogen-bond donors (Lipinski definition) is 2. The van der Waals surface area contributed by atoms with E-state index >= 15 is 0 Å². The van der Waals surface area contributed by atoms with Crippen molar-refractivity contribution < 1.29 is 0 Å². The van der Waals surface area contributed by atoms with Crippen LogP contribution in [0.1, 0.15) is 0 Å². The molecule has 6 heteroatoms. The van der Waals surface area contributed by atoms with Gasteiger partial charge in [0.15, 0.2) is 5.82 Å². The highest BCUT2D eigenvalue weighted by Crippen LogP contribution is 2.40. The Morgan fingerprint density at radius 2 is 2.16 bits per heavy atom. The number of nitrogens with two attached hydrogens (primary N) is 1. The lowest BCUT2D eigenvalue weighted by molar-refractivity contribution is 1.10. The van der Waals surface area contributed by atoms with E-state index in [-0.39, 0.29) is 0 Å². The first-order valence-electron chi connectivity index (χ1n) is 5.50. The third kappa shape index (κ3) is 2.29. The summed E-state index contributed by atoms with van der Waals surface area (Å²) in [6.07, 6.45) is 0. The van der Waals surface area contributed by atoms with Crippen LogP contribution >= 0.6 is 38.9 Å². The summed E-state index contributed by atoms with van der Waals surface area (Å²) in [6, 6.07) is 9.64. The summed E-state index contributed by atoms with van der Waals surface area (Å²) in [7, 11) is 0. The van der Waals surface area contributed by atoms with Crippen molar-refractivity contribution in [2.24, 2.45) is 0 Å². The van der Waals surface area contributed by atoms with Crippen LogP contribution in [0.3, 0.4) is 0 Å². The van der Waals surface area contributed by atoms with Gasteiger partial charge < -0.3 is 5.73 Å². The Morgan fingerprint density at radius 1 is 1.32 bits per heavy atom. The predicted octanol–water partition coefficient (Wildman–Crippen LogP) is 4.80. The normalized spacial score (nSPS) is 10.8. The number of anilines is 1. The van der Waals surface area contributed by atoms with Crippen molar-refractivity contribution in [3.8, 4) is 21.7 Å². The van der Waals surface area contributed by atoms with E-state index < -0.39 is 0 Å². The van der Waals surface area contributed by atoms with Crippen molar-refractivity contribution in [3.05, 3.63) is 45.2 Å². The van der Waals surface area contributed by atoms with Gasteiger partial charge >= 0.3 is 0 Å². The lowest BCUT2D eigenvalue weighted by Crippen LogP contribution is -1.87. The molecule has 3 rings (SSSR count). The Labute approximate surface area is 127 Å². The SMILES string of the molecule is Nc1n[nH]c(-c2cc(Cl)ccc2Br)c1-c1cccs1. The highest BCUT2D eigenvalue weighted by molar-refractivity contribution is 9.10. The highest BCUT2D eigenvalue weighted by atomic mass is 79.9. The molecule has 0 fully saturated rings. The molecule has 0 bridgehead atoms. The first-order chi connectivity index (χ1) is 9.16. The van der Waals surface area contributed by atoms with Crippen molar-refractivity contribution in [3.63, 3.8) is 0 Å². The maximum Gasteiger partial charge on any atom is 0.154 e. The molecule has 3 N–H and O–H groups in total. The average molecular weight is 355 g/mol. The topological polar surface area (TPSA) is 54.7 Å². The van der Waals surface area contributed by atoms with E-state index in [1.165, 1.54) is 0 Å². The molecular weight excluding hydrogens is 346 g/mol. The zero-order valence-electron chi connectivity index (χ0n) is 9.65. The zero-order chi connectivity index (χ0) is 13.4. The molecule has 2 heterocycles. The van der Waals surface area contributed by atoms with Crippen LogP contribution in [-0.4, -0.2) is 10.2 Å². The fourth-order valence-electron chi connectivity index (χ4n) is 1.91. The van der Waals surface area contributed by atoms with Gasteiger partial charge in [0.1, 0.15) is 0 Å². The maximum atomic E-state index is 6.07. The van der Waals surface area contributed by atoms with Gasteiger partial charge in [0, 0.05) is 19.9 Å². The van der Waals surface area contributed by atoms with Crippen LogP contribution in [0.15, 0.2) is 40.2 Å². The molecule has 3 nitrogen and oxygen atoms in total. The third-order valence-electron chi connectivity index (χ3n) is 2.76. The lowest BCUT2D eigenvalue weighted by atomic mass is 10.1. The summed E-state index contributed by atoms with van der Waals surface area (Å²) in [6.45, 7) is 0. The van der Waals surface area contributed by atoms with Crippen molar-refractivity contribution >= 4 is 44.7 Å². The molecule has 0 saturated heterocycles. The zero-order valence-corrected chi connectivity index (χ0v) is 12.8. The summed E-state index contributed by atoms with van der Waals surface area (Å²) in [5.74, 6) is 0.490. The van der Waals surface area contributed by atoms with E-state index in [2.05, 4.69) is 26.1 Å². The first-order valence-corrected chi connectivity index (χ1v) is 7.55. The van der Waals surface area contributed by atoms with E-state index in [1.807, 2.05) is 35.7 Å². The Morgan fingerprint density at radius 3 is 2.89 bits per heavy atom. The highest BCUT2D eigenvalue weighted by Gasteiger charge is 2.17. The second-order valence-corrected chi connectivity index (χ2v) is 6.20. The lowest BCUT2D eigenvalue weighted by Gasteiger charge is -2.05. The molecule has 0 radical (unpaired) electrons. The quantitative estimate of drug-likeness (QED) is 0.694. The standard InChI is InChI=1S/C13H9BrClN3S/c14-9-4-3-7(15)6-8(9)12-11(13(16)18-17-12)10-2-1-5-19-10/h1-6H,(H3,16,17,18). The molecule has 96 valence electrons. The summed E-state index contributed by atoms with van der Waals surface area (Å²) in [5.41, 5.74) is 8.70. The van der Waals surface area contributed by atoms with Crippen LogP contribution in [0.5, 0.6) is 0 Å². The van der Waals surface area contributed by atoms with Gasteiger partial charge in [-0.2, -0.15) is 5.10 Å². The maximum absolute atomic E-state index is 6.07. The molecule has 0 aliphatic carbocycles. The van der Waals surface area contributed by atoms with Crippen LogP contribution in [0.25, 0.3) is 21.7 Å². The molecule has 0 aliphatic heterocycles. The van der Waals surface area contributed by atoms with Gasteiger partial charge in [-0.15, -0.1) is 11.3 Å². The second kappa shape index (κ2) is 5.00. The minimum atomic E-state index is 0.490. The Hall–Kier alpha value is -1.30. The molecule has 19 heavy (non-hydrogen) atoms. The van der Waals surface area contributed by atoms with E-state index in [9.17, 15) is 0 Å². The van der Waals surface area contributed by atoms with Crippen molar-refractivity contribution in [2.45, 2.75) is 0 Å². The molecule has 3 aromatic rings. The summed E-state index contributed by atoms with van der Waals surface area (Å²) < 4.78 is 0.943. The van der Waals surface area contributed by atoms with E-state index in [1.54, 1.807) is 11.3 Å². The van der Waals surface area contributed by atoms with Gasteiger partial charge in [-0.3, -0.25) is 5.10 Å². The Bertz CT molecular complexity index is 722. The monoisotopic (exact) mass is 353 g/mol. The molecule has 0 spiro atoms. The predicted molar refractivity (Wildman–Crippen MR) is 84.5 cm³/mol. The van der Waals surface area contributed by atoms with Crippen molar-refractivity contribution in [2.75, 3.05) is 5.73 Å². The number of hydrogen-bond acceptors (Lipinski definition) is 3.